The van der Waals surface area contributed by atoms with Crippen LogP contribution >= 0.6 is 0 Å². The van der Waals surface area contributed by atoms with Gasteiger partial charge in [0, 0.05) is 18.8 Å². The SMILES string of the molecule is CON(C)C(=O)C1=CC(=C=O)NC=C1. The smallest absolute Gasteiger partial charge is 0.277 e. The van der Waals surface area contributed by atoms with Crippen LogP contribution in [-0.2, 0) is 14.4 Å². The quantitative estimate of drug-likeness (QED) is 0.487. The molecule has 5 heteroatoms. The molecule has 0 aromatic heterocycles. The molecule has 0 bridgehead atoms. The van der Waals surface area contributed by atoms with Crippen LogP contribution in [-0.4, -0.2) is 31.1 Å². The van der Waals surface area contributed by atoms with E-state index >= 15 is 0 Å². The molecule has 1 aliphatic heterocycles. The molecule has 1 aliphatic rings. The molecule has 0 saturated heterocycles. The van der Waals surface area contributed by atoms with Gasteiger partial charge in [-0.25, -0.2) is 9.86 Å². The Bertz CT molecular complexity index is 351. The highest BCUT2D eigenvalue weighted by Gasteiger charge is 2.14. The van der Waals surface area contributed by atoms with Gasteiger partial charge in [-0.3, -0.25) is 9.63 Å². The minimum absolute atomic E-state index is 0.223. The fraction of sp³-hybridized carbons (Fsp3) is 0.222. The van der Waals surface area contributed by atoms with Crippen LogP contribution in [0.25, 0.3) is 0 Å². The molecular formula is C9H10N2O3. The molecule has 0 spiro atoms. The summed E-state index contributed by atoms with van der Waals surface area (Å²) in [5, 5.41) is 3.71. The molecular weight excluding hydrogens is 184 g/mol. The van der Waals surface area contributed by atoms with Crippen LogP contribution in [0.3, 0.4) is 0 Å². The number of likely N-dealkylation sites (N-methyl/N-ethyl adjacent to an activating group) is 1. The van der Waals surface area contributed by atoms with Gasteiger partial charge in [0.1, 0.15) is 5.70 Å². The number of carbonyl (C=O) groups is 1. The van der Waals surface area contributed by atoms with Crippen LogP contribution in [0.4, 0.5) is 0 Å². The van der Waals surface area contributed by atoms with Crippen LogP contribution in [0.5, 0.6) is 0 Å². The standard InChI is InChI=1S/C9H10N2O3/c1-11(14-2)9(13)7-3-4-10-8(5-7)6-12/h3-5,10H,1-2H3. The Morgan fingerprint density at radius 1 is 1.64 bits per heavy atom. The first kappa shape index (κ1) is 10.2. The number of rotatable bonds is 2. The summed E-state index contributed by atoms with van der Waals surface area (Å²) in [5.74, 6) is 1.34. The summed E-state index contributed by atoms with van der Waals surface area (Å²) in [6.07, 6.45) is 4.46. The molecule has 1 N–H and O–H groups in total. The number of dihydropyridines is 1. The van der Waals surface area contributed by atoms with Gasteiger partial charge in [-0.1, -0.05) is 0 Å². The molecule has 0 saturated carbocycles. The molecule has 1 rings (SSSR count). The molecule has 0 fully saturated rings. The van der Waals surface area contributed by atoms with Gasteiger partial charge in [-0.15, -0.1) is 0 Å². The molecule has 14 heavy (non-hydrogen) atoms. The maximum atomic E-state index is 11.5. The first-order valence-corrected chi connectivity index (χ1v) is 3.91. The highest BCUT2D eigenvalue weighted by atomic mass is 16.7. The highest BCUT2D eigenvalue weighted by molar-refractivity contribution is 5.96. The number of hydrogen-bond donors (Lipinski definition) is 1. The average molecular weight is 194 g/mol. The lowest BCUT2D eigenvalue weighted by molar-refractivity contribution is -0.163. The summed E-state index contributed by atoms with van der Waals surface area (Å²) in [6.45, 7) is 0. The summed E-state index contributed by atoms with van der Waals surface area (Å²) in [7, 11) is 2.88. The zero-order valence-electron chi connectivity index (χ0n) is 7.90. The predicted molar refractivity (Wildman–Crippen MR) is 49.3 cm³/mol. The van der Waals surface area contributed by atoms with E-state index in [2.05, 4.69) is 5.32 Å². The Hall–Kier alpha value is -1.84. The number of allylic oxidation sites excluding steroid dienone is 1. The number of hydrogen-bond acceptors (Lipinski definition) is 4. The van der Waals surface area contributed by atoms with E-state index in [4.69, 9.17) is 4.84 Å². The third-order valence-electron chi connectivity index (χ3n) is 1.72. The van der Waals surface area contributed by atoms with E-state index in [1.807, 2.05) is 0 Å². The van der Waals surface area contributed by atoms with Crippen molar-refractivity contribution < 1.29 is 14.4 Å². The maximum Gasteiger partial charge on any atom is 0.277 e. The van der Waals surface area contributed by atoms with Crippen molar-refractivity contribution in [1.29, 1.82) is 0 Å². The second kappa shape index (κ2) is 4.41. The van der Waals surface area contributed by atoms with E-state index in [-0.39, 0.29) is 11.6 Å². The molecule has 1 heterocycles. The lowest BCUT2D eigenvalue weighted by Crippen LogP contribution is -2.27. The van der Waals surface area contributed by atoms with Gasteiger partial charge >= 0.3 is 0 Å². The molecule has 74 valence electrons. The van der Waals surface area contributed by atoms with Crippen LogP contribution in [0, 0.1) is 0 Å². The number of nitrogens with zero attached hydrogens (tertiary/aromatic N) is 1. The topological polar surface area (TPSA) is 58.6 Å². The first-order valence-electron chi connectivity index (χ1n) is 3.91. The van der Waals surface area contributed by atoms with Crippen molar-refractivity contribution in [3.63, 3.8) is 0 Å². The third-order valence-corrected chi connectivity index (χ3v) is 1.72. The summed E-state index contributed by atoms with van der Waals surface area (Å²) < 4.78 is 0. The molecule has 1 amide bonds. The lowest BCUT2D eigenvalue weighted by atomic mass is 10.1. The molecule has 0 radical (unpaired) electrons. The van der Waals surface area contributed by atoms with Gasteiger partial charge in [-0.05, 0) is 12.2 Å². The van der Waals surface area contributed by atoms with Gasteiger partial charge in [0.25, 0.3) is 5.91 Å². The van der Waals surface area contributed by atoms with Gasteiger partial charge in [0.05, 0.1) is 7.11 Å². The Labute approximate surface area is 81.3 Å². The zero-order valence-corrected chi connectivity index (χ0v) is 7.90. The molecule has 0 unspecified atom stereocenters. The van der Waals surface area contributed by atoms with Crippen molar-refractivity contribution >= 4 is 11.8 Å². The van der Waals surface area contributed by atoms with Crippen molar-refractivity contribution in [2.24, 2.45) is 0 Å². The number of amides is 1. The average Bonchev–Trinajstić information content (AvgIpc) is 2.27. The maximum absolute atomic E-state index is 11.5. The van der Waals surface area contributed by atoms with Gasteiger partial charge in [0.15, 0.2) is 5.94 Å². The van der Waals surface area contributed by atoms with Crippen molar-refractivity contribution in [2.45, 2.75) is 0 Å². The Morgan fingerprint density at radius 3 is 2.93 bits per heavy atom. The van der Waals surface area contributed by atoms with E-state index in [1.54, 1.807) is 12.0 Å². The minimum Gasteiger partial charge on any atom is -0.353 e. The van der Waals surface area contributed by atoms with Crippen molar-refractivity contribution in [2.75, 3.05) is 14.2 Å². The second-order valence-corrected chi connectivity index (χ2v) is 2.58. The minimum atomic E-state index is -0.321. The van der Waals surface area contributed by atoms with E-state index in [0.717, 1.165) is 5.06 Å². The molecule has 5 nitrogen and oxygen atoms in total. The van der Waals surface area contributed by atoms with Crippen LogP contribution in [0.15, 0.2) is 29.6 Å². The zero-order chi connectivity index (χ0) is 10.6. The Kier molecular flexibility index (Phi) is 3.23. The third kappa shape index (κ3) is 2.10. The number of carbonyl (C=O) groups excluding carboxylic acids is 2. The predicted octanol–water partition coefficient (Wildman–Crippen LogP) is -0.235. The normalized spacial score (nSPS) is 14.1. The van der Waals surface area contributed by atoms with E-state index in [0.29, 0.717) is 5.57 Å². The summed E-state index contributed by atoms with van der Waals surface area (Å²) >= 11 is 0. The van der Waals surface area contributed by atoms with Crippen molar-refractivity contribution in [1.82, 2.24) is 10.4 Å². The van der Waals surface area contributed by atoms with E-state index < -0.39 is 0 Å². The Balaban J connectivity index is 2.88. The summed E-state index contributed by atoms with van der Waals surface area (Å²) in [6, 6.07) is 0. The molecule has 0 atom stereocenters. The molecule has 0 aromatic rings. The monoisotopic (exact) mass is 194 g/mol. The second-order valence-electron chi connectivity index (χ2n) is 2.58. The van der Waals surface area contributed by atoms with E-state index in [9.17, 15) is 9.59 Å². The van der Waals surface area contributed by atoms with Crippen molar-refractivity contribution in [3.05, 3.63) is 29.6 Å². The van der Waals surface area contributed by atoms with Crippen molar-refractivity contribution in [3.8, 4) is 0 Å². The van der Waals surface area contributed by atoms with Gasteiger partial charge in [-0.2, -0.15) is 0 Å². The van der Waals surface area contributed by atoms with Crippen LogP contribution in [0.2, 0.25) is 0 Å². The van der Waals surface area contributed by atoms with E-state index in [1.165, 1.54) is 26.4 Å². The lowest BCUT2D eigenvalue weighted by Gasteiger charge is -2.15. The fourth-order valence-corrected chi connectivity index (χ4v) is 0.923. The van der Waals surface area contributed by atoms with Gasteiger partial charge in [0.2, 0.25) is 0 Å². The van der Waals surface area contributed by atoms with Gasteiger partial charge < -0.3 is 5.32 Å². The first-order chi connectivity index (χ1) is 6.69. The van der Waals surface area contributed by atoms with Crippen LogP contribution in [0.1, 0.15) is 0 Å². The summed E-state index contributed by atoms with van der Waals surface area (Å²) in [5.41, 5.74) is 0.590. The summed E-state index contributed by atoms with van der Waals surface area (Å²) in [4.78, 5) is 26.5. The largest absolute Gasteiger partial charge is 0.353 e. The number of hydroxylamine groups is 2. The molecule has 0 aromatic carbocycles. The highest BCUT2D eigenvalue weighted by Crippen LogP contribution is 2.08. The Morgan fingerprint density at radius 2 is 2.36 bits per heavy atom. The number of nitrogens with one attached hydrogen (secondary N) is 1. The van der Waals surface area contributed by atoms with Crippen LogP contribution < -0.4 is 5.32 Å². The fourth-order valence-electron chi connectivity index (χ4n) is 0.923. The molecule has 0 aliphatic carbocycles.